The molecule has 1 aromatic heterocycles. The number of aryl methyl sites for hydroxylation is 1. The van der Waals surface area contributed by atoms with Crippen LogP contribution in [-0.4, -0.2) is 15.8 Å². The number of amides is 1. The fraction of sp³-hybridized carbons (Fsp3) is 0.111. The fourth-order valence-electron chi connectivity index (χ4n) is 2.37. The summed E-state index contributed by atoms with van der Waals surface area (Å²) in [7, 11) is 0. The van der Waals surface area contributed by atoms with Gasteiger partial charge in [-0.1, -0.05) is 35.9 Å². The van der Waals surface area contributed by atoms with Gasteiger partial charge in [0.25, 0.3) is 11.6 Å². The van der Waals surface area contributed by atoms with Crippen molar-refractivity contribution in [2.75, 3.05) is 0 Å². The molecule has 1 N–H and O–H groups in total. The van der Waals surface area contributed by atoms with Gasteiger partial charge in [-0.2, -0.15) is 0 Å². The number of nitrogens with zero attached hydrogens (tertiary/aromatic N) is 2. The van der Waals surface area contributed by atoms with E-state index in [1.165, 1.54) is 18.2 Å². The van der Waals surface area contributed by atoms with Crippen molar-refractivity contribution in [3.8, 4) is 11.3 Å². The number of rotatable bonds is 5. The van der Waals surface area contributed by atoms with Crippen molar-refractivity contribution in [1.82, 2.24) is 10.3 Å². The summed E-state index contributed by atoms with van der Waals surface area (Å²) in [6.07, 6.45) is 0. The lowest BCUT2D eigenvalue weighted by Gasteiger charge is -2.07. The highest BCUT2D eigenvalue weighted by Crippen LogP contribution is 2.25. The highest BCUT2D eigenvalue weighted by atomic mass is 35.5. The first-order chi connectivity index (χ1) is 12.4. The Kier molecular flexibility index (Phi) is 5.29. The van der Waals surface area contributed by atoms with Crippen molar-refractivity contribution in [2.45, 2.75) is 13.5 Å². The molecule has 3 rings (SSSR count). The zero-order chi connectivity index (χ0) is 18.7. The third-order valence-corrected chi connectivity index (χ3v) is 4.82. The molecular formula is C18H14ClN3O3S. The molecule has 0 atom stereocenters. The van der Waals surface area contributed by atoms with E-state index < -0.39 is 10.8 Å². The fourth-order valence-corrected chi connectivity index (χ4v) is 3.18. The Bertz CT molecular complexity index is 970. The first-order valence-electron chi connectivity index (χ1n) is 7.67. The molecular weight excluding hydrogens is 374 g/mol. The van der Waals surface area contributed by atoms with Crippen molar-refractivity contribution in [3.05, 3.63) is 79.1 Å². The Morgan fingerprint density at radius 3 is 2.62 bits per heavy atom. The summed E-state index contributed by atoms with van der Waals surface area (Å²) in [5, 5.41) is 16.7. The number of carbonyl (C=O) groups is 1. The summed E-state index contributed by atoms with van der Waals surface area (Å²) in [6.45, 7) is 2.27. The maximum absolute atomic E-state index is 12.2. The maximum Gasteiger partial charge on any atom is 0.288 e. The van der Waals surface area contributed by atoms with Crippen molar-refractivity contribution in [3.63, 3.8) is 0 Å². The lowest BCUT2D eigenvalue weighted by atomic mass is 10.1. The number of aromatic nitrogens is 1. The largest absolute Gasteiger partial charge is 0.348 e. The Morgan fingerprint density at radius 2 is 2.00 bits per heavy atom. The number of nitro benzene ring substituents is 1. The van der Waals surface area contributed by atoms with Crippen molar-refractivity contribution in [1.29, 1.82) is 0 Å². The zero-order valence-electron chi connectivity index (χ0n) is 13.7. The van der Waals surface area contributed by atoms with Gasteiger partial charge >= 0.3 is 0 Å². The maximum atomic E-state index is 12.2. The quantitative estimate of drug-likeness (QED) is 0.511. The second kappa shape index (κ2) is 7.63. The highest BCUT2D eigenvalue weighted by molar-refractivity contribution is 7.09. The SMILES string of the molecule is Cc1nc(-c2ccc(CNC(=O)c3ccc(Cl)c([N+](=O)[O-])c3)cc2)cs1. The van der Waals surface area contributed by atoms with E-state index in [-0.39, 0.29) is 16.3 Å². The molecule has 0 bridgehead atoms. The first kappa shape index (κ1) is 18.0. The highest BCUT2D eigenvalue weighted by Gasteiger charge is 2.16. The molecule has 6 nitrogen and oxygen atoms in total. The lowest BCUT2D eigenvalue weighted by Crippen LogP contribution is -2.22. The standard InChI is InChI=1S/C18H14ClN3O3S/c1-11-21-16(10-26-11)13-4-2-12(3-5-13)9-20-18(23)14-6-7-15(19)17(8-14)22(24)25/h2-8,10H,9H2,1H3,(H,20,23). The van der Waals surface area contributed by atoms with Crippen LogP contribution in [0.1, 0.15) is 20.9 Å². The molecule has 1 amide bonds. The van der Waals surface area contributed by atoms with E-state index in [2.05, 4.69) is 10.3 Å². The molecule has 0 aliphatic rings. The van der Waals surface area contributed by atoms with Crippen molar-refractivity contribution < 1.29 is 9.72 Å². The van der Waals surface area contributed by atoms with Gasteiger partial charge in [0.15, 0.2) is 0 Å². The molecule has 0 aliphatic heterocycles. The molecule has 0 radical (unpaired) electrons. The topological polar surface area (TPSA) is 85.1 Å². The number of thiazole rings is 1. The van der Waals surface area contributed by atoms with Crippen LogP contribution >= 0.6 is 22.9 Å². The van der Waals surface area contributed by atoms with Crippen LogP contribution in [0.15, 0.2) is 47.8 Å². The Morgan fingerprint density at radius 1 is 1.27 bits per heavy atom. The molecule has 0 saturated heterocycles. The van der Waals surface area contributed by atoms with E-state index in [1.54, 1.807) is 11.3 Å². The predicted octanol–water partition coefficient (Wildman–Crippen LogP) is 4.61. The molecule has 8 heteroatoms. The molecule has 0 spiro atoms. The predicted molar refractivity (Wildman–Crippen MR) is 102 cm³/mol. The molecule has 0 aliphatic carbocycles. The van der Waals surface area contributed by atoms with E-state index in [0.29, 0.717) is 6.54 Å². The average molecular weight is 388 g/mol. The van der Waals surface area contributed by atoms with Gasteiger partial charge in [-0.15, -0.1) is 11.3 Å². The zero-order valence-corrected chi connectivity index (χ0v) is 15.3. The summed E-state index contributed by atoms with van der Waals surface area (Å²) >= 11 is 7.35. The normalized spacial score (nSPS) is 10.5. The smallest absolute Gasteiger partial charge is 0.288 e. The minimum Gasteiger partial charge on any atom is -0.348 e. The van der Waals surface area contributed by atoms with Gasteiger partial charge in [0.1, 0.15) is 5.02 Å². The molecule has 3 aromatic rings. The number of hydrogen-bond acceptors (Lipinski definition) is 5. The third-order valence-electron chi connectivity index (χ3n) is 3.73. The van der Waals surface area contributed by atoms with Gasteiger partial charge in [-0.05, 0) is 24.6 Å². The van der Waals surface area contributed by atoms with Crippen molar-refractivity contribution >= 4 is 34.5 Å². The van der Waals surface area contributed by atoms with Gasteiger partial charge in [-0.25, -0.2) is 4.98 Å². The van der Waals surface area contributed by atoms with E-state index in [0.717, 1.165) is 21.8 Å². The Labute approximate surface area is 158 Å². The number of benzene rings is 2. The summed E-state index contributed by atoms with van der Waals surface area (Å²) in [5.41, 5.74) is 2.75. The molecule has 0 saturated carbocycles. The Hall–Kier alpha value is -2.77. The summed E-state index contributed by atoms with van der Waals surface area (Å²) < 4.78 is 0. The van der Waals surface area contributed by atoms with E-state index in [4.69, 9.17) is 11.6 Å². The van der Waals surface area contributed by atoms with Crippen LogP contribution in [0.4, 0.5) is 5.69 Å². The van der Waals surface area contributed by atoms with Crippen molar-refractivity contribution in [2.24, 2.45) is 0 Å². The van der Waals surface area contributed by atoms with Gasteiger partial charge in [0.2, 0.25) is 0 Å². The summed E-state index contributed by atoms with van der Waals surface area (Å²) in [5.74, 6) is -0.399. The second-order valence-electron chi connectivity index (χ2n) is 5.55. The van der Waals surface area contributed by atoms with Gasteiger partial charge < -0.3 is 5.32 Å². The molecule has 132 valence electrons. The van der Waals surface area contributed by atoms with E-state index >= 15 is 0 Å². The number of halogens is 1. The molecule has 2 aromatic carbocycles. The molecule has 0 fully saturated rings. The minimum absolute atomic E-state index is 0.000541. The molecule has 1 heterocycles. The van der Waals surface area contributed by atoms with Crippen LogP contribution in [0.3, 0.4) is 0 Å². The number of nitrogens with one attached hydrogen (secondary N) is 1. The monoisotopic (exact) mass is 387 g/mol. The molecule has 26 heavy (non-hydrogen) atoms. The van der Waals surface area contributed by atoms with Crippen LogP contribution in [0.2, 0.25) is 5.02 Å². The molecule has 0 unspecified atom stereocenters. The van der Waals surface area contributed by atoms with E-state index in [1.807, 2.05) is 36.6 Å². The van der Waals surface area contributed by atoms with Crippen LogP contribution in [-0.2, 0) is 6.54 Å². The van der Waals surface area contributed by atoms with Crippen LogP contribution in [0, 0.1) is 17.0 Å². The Balaban J connectivity index is 1.66. The van der Waals surface area contributed by atoms with Gasteiger partial charge in [-0.3, -0.25) is 14.9 Å². The average Bonchev–Trinajstić information content (AvgIpc) is 3.06. The third kappa shape index (κ3) is 4.07. The summed E-state index contributed by atoms with van der Waals surface area (Å²) in [6, 6.07) is 11.7. The number of nitro groups is 1. The van der Waals surface area contributed by atoms with Gasteiger partial charge in [0.05, 0.1) is 15.6 Å². The number of carbonyl (C=O) groups excluding carboxylic acids is 1. The van der Waals surface area contributed by atoms with Crippen LogP contribution in [0.5, 0.6) is 0 Å². The number of hydrogen-bond donors (Lipinski definition) is 1. The lowest BCUT2D eigenvalue weighted by molar-refractivity contribution is -0.384. The van der Waals surface area contributed by atoms with Gasteiger partial charge in [0, 0.05) is 29.1 Å². The summed E-state index contributed by atoms with van der Waals surface area (Å²) in [4.78, 5) is 26.9. The second-order valence-corrected chi connectivity index (χ2v) is 7.02. The van der Waals surface area contributed by atoms with Crippen LogP contribution < -0.4 is 5.32 Å². The van der Waals surface area contributed by atoms with E-state index in [9.17, 15) is 14.9 Å². The van der Waals surface area contributed by atoms with Crippen LogP contribution in [0.25, 0.3) is 11.3 Å². The first-order valence-corrected chi connectivity index (χ1v) is 8.93. The minimum atomic E-state index is -0.613.